The van der Waals surface area contributed by atoms with E-state index in [9.17, 15) is 19.8 Å². The van der Waals surface area contributed by atoms with Crippen molar-refractivity contribution < 1.29 is 19.7 Å². The standard InChI is InChI=1S/C22H23Cl2N3O5/c1-11(2)17(10-28)27-9-14(22(30)31)19(29)13-7-16(21(32-3)26-20(13)27)25-8-12-5-4-6-15(23)18(12)24/h4-7,9,11,17,25,28H,8,10H2,1-3H3,(H,30,31). The number of aliphatic hydroxyl groups excluding tert-OH is 1. The molecule has 0 bridgehead atoms. The molecule has 0 aliphatic heterocycles. The molecule has 2 aromatic heterocycles. The van der Waals surface area contributed by atoms with E-state index in [1.165, 1.54) is 23.9 Å². The second-order valence-electron chi connectivity index (χ2n) is 7.56. The van der Waals surface area contributed by atoms with Crippen LogP contribution < -0.4 is 15.5 Å². The number of ether oxygens (including phenoxy) is 1. The van der Waals surface area contributed by atoms with Crippen LogP contribution in [0.2, 0.25) is 10.0 Å². The highest BCUT2D eigenvalue weighted by molar-refractivity contribution is 6.42. The van der Waals surface area contributed by atoms with Crippen LogP contribution in [-0.2, 0) is 6.54 Å². The van der Waals surface area contributed by atoms with Gasteiger partial charge in [-0.15, -0.1) is 0 Å². The molecule has 0 aliphatic rings. The SMILES string of the molecule is COc1nc2c(cc1NCc1cccc(Cl)c1Cl)c(=O)c(C(=O)O)cn2C(CO)C(C)C. The highest BCUT2D eigenvalue weighted by Crippen LogP contribution is 2.31. The molecule has 1 unspecified atom stereocenters. The van der Waals surface area contributed by atoms with Gasteiger partial charge in [0.05, 0.1) is 40.9 Å². The molecule has 1 aromatic carbocycles. The van der Waals surface area contributed by atoms with Crippen LogP contribution in [0.4, 0.5) is 5.69 Å². The normalized spacial score (nSPS) is 12.2. The first-order valence-corrected chi connectivity index (χ1v) is 10.6. The lowest BCUT2D eigenvalue weighted by atomic mass is 10.0. The van der Waals surface area contributed by atoms with Gasteiger partial charge in [0.1, 0.15) is 11.2 Å². The van der Waals surface area contributed by atoms with E-state index in [4.69, 9.17) is 27.9 Å². The zero-order chi connectivity index (χ0) is 23.6. The third-order valence-electron chi connectivity index (χ3n) is 5.21. The van der Waals surface area contributed by atoms with Crippen LogP contribution in [0.3, 0.4) is 0 Å². The molecule has 0 fully saturated rings. The van der Waals surface area contributed by atoms with Crippen LogP contribution >= 0.6 is 23.2 Å². The summed E-state index contributed by atoms with van der Waals surface area (Å²) in [6.07, 6.45) is 1.22. The topological polar surface area (TPSA) is 114 Å². The fraction of sp³-hybridized carbons (Fsp3) is 0.318. The Hall–Kier alpha value is -2.81. The molecule has 0 amide bonds. The van der Waals surface area contributed by atoms with Gasteiger partial charge in [0.2, 0.25) is 11.3 Å². The number of anilines is 1. The van der Waals surface area contributed by atoms with Crippen molar-refractivity contribution >= 4 is 45.9 Å². The molecule has 10 heteroatoms. The van der Waals surface area contributed by atoms with Gasteiger partial charge in [-0.2, -0.15) is 4.98 Å². The first-order valence-electron chi connectivity index (χ1n) is 9.84. The number of fused-ring (bicyclic) bond motifs is 1. The maximum Gasteiger partial charge on any atom is 0.341 e. The van der Waals surface area contributed by atoms with Crippen molar-refractivity contribution in [1.82, 2.24) is 9.55 Å². The molecule has 32 heavy (non-hydrogen) atoms. The third kappa shape index (κ3) is 4.53. The fourth-order valence-corrected chi connectivity index (χ4v) is 3.82. The first-order chi connectivity index (χ1) is 15.2. The summed E-state index contributed by atoms with van der Waals surface area (Å²) in [5, 5.41) is 23.5. The van der Waals surface area contributed by atoms with Crippen molar-refractivity contribution in [3.8, 4) is 5.88 Å². The Bertz CT molecular complexity index is 1230. The Labute approximate surface area is 194 Å². The van der Waals surface area contributed by atoms with E-state index < -0.39 is 23.0 Å². The predicted octanol–water partition coefficient (Wildman–Crippen LogP) is 4.21. The molecular formula is C22H23Cl2N3O5. The summed E-state index contributed by atoms with van der Waals surface area (Å²) in [6, 6.07) is 6.25. The van der Waals surface area contributed by atoms with E-state index in [2.05, 4.69) is 10.3 Å². The van der Waals surface area contributed by atoms with Gasteiger partial charge in [-0.05, 0) is 23.6 Å². The number of nitrogens with one attached hydrogen (secondary N) is 1. The number of nitrogens with zero attached hydrogens (tertiary/aromatic N) is 2. The molecular weight excluding hydrogens is 457 g/mol. The van der Waals surface area contributed by atoms with Gasteiger partial charge in [0, 0.05) is 12.7 Å². The van der Waals surface area contributed by atoms with Crippen LogP contribution in [-0.4, -0.2) is 39.5 Å². The molecule has 3 rings (SSSR count). The van der Waals surface area contributed by atoms with Crippen LogP contribution in [0.5, 0.6) is 5.88 Å². The molecule has 2 heterocycles. The van der Waals surface area contributed by atoms with Crippen LogP contribution in [0.1, 0.15) is 35.8 Å². The van der Waals surface area contributed by atoms with Gasteiger partial charge in [0.15, 0.2) is 0 Å². The Morgan fingerprint density at radius 3 is 2.62 bits per heavy atom. The summed E-state index contributed by atoms with van der Waals surface area (Å²) >= 11 is 12.3. The number of pyridine rings is 2. The van der Waals surface area contributed by atoms with E-state index in [1.54, 1.807) is 18.2 Å². The second kappa shape index (κ2) is 9.77. The maximum absolute atomic E-state index is 12.9. The predicted molar refractivity (Wildman–Crippen MR) is 124 cm³/mol. The number of benzene rings is 1. The average Bonchev–Trinajstić information content (AvgIpc) is 2.75. The van der Waals surface area contributed by atoms with Crippen molar-refractivity contribution in [3.05, 3.63) is 61.9 Å². The molecule has 1 atom stereocenters. The lowest BCUT2D eigenvalue weighted by Crippen LogP contribution is -2.26. The van der Waals surface area contributed by atoms with E-state index in [1.807, 2.05) is 13.8 Å². The molecule has 0 saturated carbocycles. The first kappa shape index (κ1) is 23.8. The average molecular weight is 480 g/mol. The lowest BCUT2D eigenvalue weighted by Gasteiger charge is -2.24. The van der Waals surface area contributed by atoms with Crippen molar-refractivity contribution in [3.63, 3.8) is 0 Å². The molecule has 3 aromatic rings. The lowest BCUT2D eigenvalue weighted by molar-refractivity contribution is 0.0694. The number of halogens is 2. The number of carboxylic acid groups (broad SMARTS) is 1. The number of hydrogen-bond acceptors (Lipinski definition) is 6. The van der Waals surface area contributed by atoms with Gasteiger partial charge < -0.3 is 24.8 Å². The van der Waals surface area contributed by atoms with Gasteiger partial charge in [-0.3, -0.25) is 4.79 Å². The Morgan fingerprint density at radius 2 is 2.03 bits per heavy atom. The zero-order valence-electron chi connectivity index (χ0n) is 17.7. The maximum atomic E-state index is 12.9. The van der Waals surface area contributed by atoms with Crippen LogP contribution in [0, 0.1) is 5.92 Å². The van der Waals surface area contributed by atoms with Crippen molar-refractivity contribution in [2.45, 2.75) is 26.4 Å². The number of hydrogen-bond donors (Lipinski definition) is 3. The van der Waals surface area contributed by atoms with E-state index in [0.717, 1.165) is 5.56 Å². The number of rotatable bonds is 8. The van der Waals surface area contributed by atoms with Crippen molar-refractivity contribution in [2.75, 3.05) is 19.0 Å². The summed E-state index contributed by atoms with van der Waals surface area (Å²) in [4.78, 5) is 29.1. The van der Waals surface area contributed by atoms with Crippen LogP contribution in [0.15, 0.2) is 35.3 Å². The monoisotopic (exact) mass is 479 g/mol. The summed E-state index contributed by atoms with van der Waals surface area (Å²) < 4.78 is 6.93. The quantitative estimate of drug-likeness (QED) is 0.443. The third-order valence-corrected chi connectivity index (χ3v) is 6.07. The summed E-state index contributed by atoms with van der Waals surface area (Å²) in [5.74, 6) is -1.21. The largest absolute Gasteiger partial charge is 0.479 e. The minimum Gasteiger partial charge on any atom is -0.479 e. The zero-order valence-corrected chi connectivity index (χ0v) is 19.2. The molecule has 170 valence electrons. The fourth-order valence-electron chi connectivity index (χ4n) is 3.44. The molecule has 3 N–H and O–H groups in total. The molecule has 0 aliphatic carbocycles. The molecule has 8 nitrogen and oxygen atoms in total. The number of carbonyl (C=O) groups is 1. The minimum absolute atomic E-state index is 0.0529. The highest BCUT2D eigenvalue weighted by Gasteiger charge is 2.23. The number of methoxy groups -OCH3 is 1. The summed E-state index contributed by atoms with van der Waals surface area (Å²) in [5.41, 5.74) is 0.233. The Kier molecular flexibility index (Phi) is 7.28. The van der Waals surface area contributed by atoms with Gasteiger partial charge in [-0.1, -0.05) is 49.2 Å². The van der Waals surface area contributed by atoms with Crippen molar-refractivity contribution in [1.29, 1.82) is 0 Å². The van der Waals surface area contributed by atoms with Gasteiger partial charge in [-0.25, -0.2) is 4.79 Å². The van der Waals surface area contributed by atoms with Crippen molar-refractivity contribution in [2.24, 2.45) is 5.92 Å². The van der Waals surface area contributed by atoms with Gasteiger partial charge in [0.25, 0.3) is 0 Å². The summed E-state index contributed by atoms with van der Waals surface area (Å²) in [7, 11) is 1.44. The van der Waals surface area contributed by atoms with E-state index >= 15 is 0 Å². The number of aromatic nitrogens is 2. The Balaban J connectivity index is 2.19. The van der Waals surface area contributed by atoms with E-state index in [-0.39, 0.29) is 36.0 Å². The second-order valence-corrected chi connectivity index (χ2v) is 8.35. The van der Waals surface area contributed by atoms with Gasteiger partial charge >= 0.3 is 5.97 Å². The van der Waals surface area contributed by atoms with E-state index in [0.29, 0.717) is 15.7 Å². The highest BCUT2D eigenvalue weighted by atomic mass is 35.5. The molecule has 0 spiro atoms. The molecule has 0 radical (unpaired) electrons. The minimum atomic E-state index is -1.36. The number of carboxylic acids is 1. The number of aromatic carboxylic acids is 1. The molecule has 0 saturated heterocycles. The van der Waals surface area contributed by atoms with Crippen LogP contribution in [0.25, 0.3) is 11.0 Å². The summed E-state index contributed by atoms with van der Waals surface area (Å²) in [6.45, 7) is 3.77. The number of aliphatic hydroxyl groups is 1. The Morgan fingerprint density at radius 1 is 1.31 bits per heavy atom. The smallest absolute Gasteiger partial charge is 0.341 e.